The van der Waals surface area contributed by atoms with Crippen LogP contribution in [0.2, 0.25) is 0 Å². The zero-order valence-electron chi connectivity index (χ0n) is 16.9. The first-order valence-corrected chi connectivity index (χ1v) is 9.93. The molecule has 0 bridgehead atoms. The second kappa shape index (κ2) is 7.46. The first kappa shape index (κ1) is 19.2. The Labute approximate surface area is 176 Å². The smallest absolute Gasteiger partial charge is 0.228 e. The average Bonchev–Trinajstić information content (AvgIpc) is 3.19. The number of nitrogens with one attached hydrogen (secondary N) is 1. The van der Waals surface area contributed by atoms with Gasteiger partial charge in [0.05, 0.1) is 30.6 Å². The number of hydrogen-bond acceptors (Lipinski definition) is 8. The molecule has 1 aliphatic rings. The number of halogens is 1. The number of rotatable bonds is 4. The number of carbonyl (C=O) groups is 1. The minimum Gasteiger partial charge on any atom is -0.344 e. The molecule has 0 fully saturated rings. The molecule has 156 valence electrons. The third-order valence-electron chi connectivity index (χ3n) is 5.32. The largest absolute Gasteiger partial charge is 0.344 e. The highest BCUT2D eigenvalue weighted by Gasteiger charge is 2.29. The van der Waals surface area contributed by atoms with Gasteiger partial charge in [0.2, 0.25) is 5.95 Å². The van der Waals surface area contributed by atoms with Gasteiger partial charge in [-0.3, -0.25) is 9.78 Å². The van der Waals surface area contributed by atoms with Gasteiger partial charge in [-0.1, -0.05) is 13.8 Å². The van der Waals surface area contributed by atoms with Crippen molar-refractivity contribution in [1.82, 2.24) is 34.5 Å². The number of ketones is 1. The Bertz CT molecular complexity index is 1300. The summed E-state index contributed by atoms with van der Waals surface area (Å²) in [7, 11) is 0. The molecule has 0 unspecified atom stereocenters. The van der Waals surface area contributed by atoms with Crippen molar-refractivity contribution in [2.45, 2.75) is 38.6 Å². The zero-order valence-corrected chi connectivity index (χ0v) is 16.9. The van der Waals surface area contributed by atoms with Crippen LogP contribution in [-0.2, 0) is 17.6 Å². The van der Waals surface area contributed by atoms with Crippen molar-refractivity contribution in [2.24, 2.45) is 0 Å². The van der Waals surface area contributed by atoms with Crippen LogP contribution in [0.3, 0.4) is 0 Å². The first-order chi connectivity index (χ1) is 15.0. The summed E-state index contributed by atoms with van der Waals surface area (Å²) in [6, 6.07) is 0.815. The topological polar surface area (TPSA) is 111 Å². The molecule has 0 saturated carbocycles. The second-order valence-electron chi connectivity index (χ2n) is 7.79. The van der Waals surface area contributed by atoms with Gasteiger partial charge in [0.1, 0.15) is 12.1 Å². The average molecular weight is 418 g/mol. The number of aromatic nitrogens is 7. The van der Waals surface area contributed by atoms with Gasteiger partial charge in [0.15, 0.2) is 17.3 Å². The van der Waals surface area contributed by atoms with Gasteiger partial charge in [-0.05, 0) is 17.5 Å². The molecular weight excluding hydrogens is 399 g/mol. The van der Waals surface area contributed by atoms with Crippen LogP contribution in [0.15, 0.2) is 37.2 Å². The highest BCUT2D eigenvalue weighted by atomic mass is 19.1. The van der Waals surface area contributed by atoms with Crippen molar-refractivity contribution in [3.63, 3.8) is 0 Å². The van der Waals surface area contributed by atoms with E-state index in [1.165, 1.54) is 18.6 Å². The summed E-state index contributed by atoms with van der Waals surface area (Å²) in [6.07, 6.45) is 8.21. The Hall–Kier alpha value is -3.82. The van der Waals surface area contributed by atoms with Crippen LogP contribution in [0, 0.1) is 5.82 Å². The number of carbonyl (C=O) groups excluding carboxylic acids is 1. The number of nitrogens with zero attached hydrogens (tertiary/aromatic N) is 7. The fraction of sp³-hybridized carbons (Fsp3) is 0.286. The van der Waals surface area contributed by atoms with Crippen LogP contribution in [-0.4, -0.2) is 46.4 Å². The molecule has 0 aromatic carbocycles. The van der Waals surface area contributed by atoms with Crippen LogP contribution in [0.4, 0.5) is 10.3 Å². The number of Topliss-reactive ketones (excluding diaryl/α,β-unsaturated/α-hetero) is 1. The zero-order chi connectivity index (χ0) is 21.5. The molecular formula is C21H19FN8O. The molecule has 0 amide bonds. The van der Waals surface area contributed by atoms with Crippen molar-refractivity contribution >= 4 is 17.4 Å². The molecule has 10 heteroatoms. The lowest BCUT2D eigenvalue weighted by molar-refractivity contribution is -0.119. The van der Waals surface area contributed by atoms with Crippen molar-refractivity contribution < 1.29 is 9.18 Å². The summed E-state index contributed by atoms with van der Waals surface area (Å²) in [5, 5.41) is 7.65. The Balaban J connectivity index is 1.60. The van der Waals surface area contributed by atoms with E-state index in [1.54, 1.807) is 16.9 Å². The minimum absolute atomic E-state index is 0.00294. The van der Waals surface area contributed by atoms with Crippen LogP contribution in [0.5, 0.6) is 0 Å². The predicted octanol–water partition coefficient (Wildman–Crippen LogP) is 2.39. The molecule has 4 aromatic rings. The van der Waals surface area contributed by atoms with Crippen molar-refractivity contribution in [3.05, 3.63) is 59.8 Å². The van der Waals surface area contributed by atoms with Crippen molar-refractivity contribution in [1.29, 1.82) is 0 Å². The normalized spacial score (nSPS) is 16.0. The lowest BCUT2D eigenvalue weighted by atomic mass is 9.92. The summed E-state index contributed by atoms with van der Waals surface area (Å²) in [4.78, 5) is 34.1. The Morgan fingerprint density at radius 3 is 2.84 bits per heavy atom. The highest BCUT2D eigenvalue weighted by molar-refractivity contribution is 5.90. The number of pyridine rings is 1. The van der Waals surface area contributed by atoms with E-state index in [0.717, 1.165) is 23.0 Å². The summed E-state index contributed by atoms with van der Waals surface area (Å²) < 4.78 is 15.4. The molecule has 4 heterocycles. The third-order valence-corrected chi connectivity index (χ3v) is 5.32. The van der Waals surface area contributed by atoms with E-state index in [2.05, 4.69) is 35.3 Å². The summed E-state index contributed by atoms with van der Waals surface area (Å²) >= 11 is 0. The van der Waals surface area contributed by atoms with E-state index >= 15 is 0 Å². The Kier molecular flexibility index (Phi) is 4.61. The van der Waals surface area contributed by atoms with E-state index in [-0.39, 0.29) is 18.1 Å². The third kappa shape index (κ3) is 3.49. The summed E-state index contributed by atoms with van der Waals surface area (Å²) in [6.45, 7) is 4.08. The monoisotopic (exact) mass is 418 g/mol. The molecule has 1 N–H and O–H groups in total. The second-order valence-corrected chi connectivity index (χ2v) is 7.79. The first-order valence-electron chi connectivity index (χ1n) is 9.93. The molecule has 4 aromatic heterocycles. The van der Waals surface area contributed by atoms with Gasteiger partial charge < -0.3 is 5.32 Å². The molecule has 0 aliphatic heterocycles. The van der Waals surface area contributed by atoms with Crippen molar-refractivity contribution in [2.75, 3.05) is 5.32 Å². The molecule has 1 aliphatic carbocycles. The maximum absolute atomic E-state index is 13.8. The van der Waals surface area contributed by atoms with Crippen LogP contribution in [0.25, 0.3) is 17.0 Å². The molecule has 0 saturated heterocycles. The van der Waals surface area contributed by atoms with E-state index in [1.807, 2.05) is 13.8 Å². The maximum Gasteiger partial charge on any atom is 0.228 e. The van der Waals surface area contributed by atoms with Gasteiger partial charge in [0.25, 0.3) is 0 Å². The van der Waals surface area contributed by atoms with Gasteiger partial charge in [-0.15, -0.1) is 0 Å². The summed E-state index contributed by atoms with van der Waals surface area (Å²) in [5.41, 5.74) is 3.63. The summed E-state index contributed by atoms with van der Waals surface area (Å²) in [5.74, 6) is 0.348. The SMILES string of the molecule is CC(C)c1cnn2c(N[C@@H]3Cc4cncnc4CC3=O)nc(-c3cncc(F)c3)nc12. The van der Waals surface area contributed by atoms with Crippen molar-refractivity contribution in [3.8, 4) is 11.4 Å². The quantitative estimate of drug-likeness (QED) is 0.538. The van der Waals surface area contributed by atoms with E-state index < -0.39 is 11.9 Å². The standard InChI is InChI=1S/C21H19FN8O/c1-11(2)15-9-26-30-20(15)28-19(13-3-14(22)8-23-7-13)29-21(30)27-17-4-12-6-24-10-25-16(12)5-18(17)31/h3,6-11,17H,4-5H2,1-2H3,(H,27,28,29)/t17-/m1/s1. The molecule has 1 atom stereocenters. The van der Waals surface area contributed by atoms with Gasteiger partial charge in [-0.2, -0.15) is 14.6 Å². The van der Waals surface area contributed by atoms with Crippen LogP contribution < -0.4 is 5.32 Å². The van der Waals surface area contributed by atoms with Crippen LogP contribution >= 0.6 is 0 Å². The van der Waals surface area contributed by atoms with E-state index in [9.17, 15) is 9.18 Å². The molecule has 0 radical (unpaired) electrons. The maximum atomic E-state index is 13.8. The van der Waals surface area contributed by atoms with Gasteiger partial charge in [0, 0.05) is 29.9 Å². The highest BCUT2D eigenvalue weighted by Crippen LogP contribution is 2.26. The molecule has 31 heavy (non-hydrogen) atoms. The number of hydrogen-bond donors (Lipinski definition) is 1. The van der Waals surface area contributed by atoms with E-state index in [4.69, 9.17) is 0 Å². The van der Waals surface area contributed by atoms with Gasteiger partial charge >= 0.3 is 0 Å². The molecule has 5 rings (SSSR count). The number of fused-ring (bicyclic) bond motifs is 2. The fourth-order valence-corrected chi connectivity index (χ4v) is 3.68. The molecule has 0 spiro atoms. The minimum atomic E-state index is -0.512. The Morgan fingerprint density at radius 2 is 2.03 bits per heavy atom. The predicted molar refractivity (Wildman–Crippen MR) is 110 cm³/mol. The van der Waals surface area contributed by atoms with Crippen LogP contribution in [0.1, 0.15) is 36.6 Å². The van der Waals surface area contributed by atoms with E-state index in [0.29, 0.717) is 29.4 Å². The Morgan fingerprint density at radius 1 is 1.16 bits per heavy atom. The molecule has 9 nitrogen and oxygen atoms in total. The lowest BCUT2D eigenvalue weighted by Gasteiger charge is -2.24. The lowest BCUT2D eigenvalue weighted by Crippen LogP contribution is -2.38. The fourth-order valence-electron chi connectivity index (χ4n) is 3.68. The number of anilines is 1. The van der Waals surface area contributed by atoms with Gasteiger partial charge in [-0.25, -0.2) is 19.3 Å².